The predicted octanol–water partition coefficient (Wildman–Crippen LogP) is 1.96. The molecule has 1 N–H and O–H groups in total. The highest BCUT2D eigenvalue weighted by atomic mass is 19.1. The summed E-state index contributed by atoms with van der Waals surface area (Å²) in [5.41, 5.74) is -1.25. The lowest BCUT2D eigenvalue weighted by Crippen LogP contribution is -2.57. The molecule has 1 aliphatic rings. The molecule has 5 heteroatoms. The van der Waals surface area contributed by atoms with Crippen molar-refractivity contribution in [3.8, 4) is 0 Å². The minimum absolute atomic E-state index is 0.112. The first-order valence-electron chi connectivity index (χ1n) is 5.83. The molecule has 1 amide bonds. The monoisotopic (exact) mass is 247 g/mol. The highest BCUT2D eigenvalue weighted by molar-refractivity contribution is 5.68. The number of nitrogens with zero attached hydrogens (tertiary/aromatic N) is 1. The molecule has 0 spiro atoms. The van der Waals surface area contributed by atoms with Crippen LogP contribution in [0.3, 0.4) is 0 Å². The number of amides is 1. The van der Waals surface area contributed by atoms with Gasteiger partial charge in [-0.05, 0) is 20.8 Å². The topological polar surface area (TPSA) is 49.8 Å². The van der Waals surface area contributed by atoms with E-state index in [9.17, 15) is 14.3 Å². The van der Waals surface area contributed by atoms with Gasteiger partial charge in [0.05, 0.1) is 12.6 Å². The highest BCUT2D eigenvalue weighted by Gasteiger charge is 2.44. The van der Waals surface area contributed by atoms with Gasteiger partial charge in [0.15, 0.2) is 0 Å². The van der Waals surface area contributed by atoms with Crippen molar-refractivity contribution in [3.63, 3.8) is 0 Å². The van der Waals surface area contributed by atoms with Crippen molar-refractivity contribution in [2.24, 2.45) is 5.41 Å². The van der Waals surface area contributed by atoms with Gasteiger partial charge in [-0.15, -0.1) is 0 Å². The lowest BCUT2D eigenvalue weighted by Gasteiger charge is -2.43. The van der Waals surface area contributed by atoms with Crippen LogP contribution in [0.1, 0.15) is 34.6 Å². The zero-order chi connectivity index (χ0) is 13.4. The van der Waals surface area contributed by atoms with Crippen LogP contribution >= 0.6 is 0 Å². The van der Waals surface area contributed by atoms with E-state index in [4.69, 9.17) is 4.74 Å². The number of ether oxygens (including phenoxy) is 1. The number of carbonyl (C=O) groups excluding carboxylic acids is 1. The molecule has 1 fully saturated rings. The van der Waals surface area contributed by atoms with Gasteiger partial charge in [-0.25, -0.2) is 9.18 Å². The Hall–Kier alpha value is -0.840. The van der Waals surface area contributed by atoms with E-state index in [0.29, 0.717) is 6.54 Å². The summed E-state index contributed by atoms with van der Waals surface area (Å²) in [4.78, 5) is 13.1. The molecule has 1 saturated heterocycles. The maximum absolute atomic E-state index is 13.6. The normalized spacial score (nSPS) is 29.0. The van der Waals surface area contributed by atoms with Gasteiger partial charge in [0, 0.05) is 12.0 Å². The molecular formula is C12H22FNO3. The van der Waals surface area contributed by atoms with E-state index in [2.05, 4.69) is 0 Å². The minimum atomic E-state index is -1.42. The smallest absolute Gasteiger partial charge is 0.410 e. The van der Waals surface area contributed by atoms with Crippen molar-refractivity contribution in [3.05, 3.63) is 0 Å². The van der Waals surface area contributed by atoms with E-state index in [0.717, 1.165) is 0 Å². The van der Waals surface area contributed by atoms with Gasteiger partial charge in [-0.2, -0.15) is 0 Å². The quantitative estimate of drug-likeness (QED) is 0.712. The molecule has 0 aromatic carbocycles. The lowest BCUT2D eigenvalue weighted by molar-refractivity contribution is -0.0803. The van der Waals surface area contributed by atoms with E-state index in [-0.39, 0.29) is 6.54 Å². The summed E-state index contributed by atoms with van der Waals surface area (Å²) in [6, 6.07) is 0. The first-order valence-corrected chi connectivity index (χ1v) is 5.83. The second-order valence-corrected chi connectivity index (χ2v) is 6.31. The van der Waals surface area contributed by atoms with Crippen molar-refractivity contribution in [2.45, 2.75) is 52.5 Å². The lowest BCUT2D eigenvalue weighted by atomic mass is 9.80. The summed E-state index contributed by atoms with van der Waals surface area (Å²) in [5, 5.41) is 9.68. The van der Waals surface area contributed by atoms with E-state index >= 15 is 0 Å². The van der Waals surface area contributed by atoms with Crippen LogP contribution in [-0.2, 0) is 4.74 Å². The maximum Gasteiger partial charge on any atom is 0.410 e. The third-order valence-electron chi connectivity index (χ3n) is 2.79. The Balaban J connectivity index is 2.71. The summed E-state index contributed by atoms with van der Waals surface area (Å²) in [6.45, 7) is 8.95. The Morgan fingerprint density at radius 3 is 2.41 bits per heavy atom. The van der Waals surface area contributed by atoms with Crippen molar-refractivity contribution in [2.75, 3.05) is 13.1 Å². The number of alkyl halides is 1. The van der Waals surface area contributed by atoms with Gasteiger partial charge < -0.3 is 14.7 Å². The molecule has 1 heterocycles. The number of aliphatic hydroxyl groups excluding tert-OH is 1. The van der Waals surface area contributed by atoms with Crippen LogP contribution in [0.4, 0.5) is 9.18 Å². The van der Waals surface area contributed by atoms with Crippen molar-refractivity contribution in [1.82, 2.24) is 4.90 Å². The van der Waals surface area contributed by atoms with Crippen LogP contribution in [0, 0.1) is 5.41 Å². The number of piperidine rings is 1. The number of likely N-dealkylation sites (tertiary alicyclic amines) is 1. The number of halogens is 1. The maximum atomic E-state index is 13.6. The highest BCUT2D eigenvalue weighted by Crippen LogP contribution is 2.31. The average Bonchev–Trinajstić information content (AvgIpc) is 2.10. The van der Waals surface area contributed by atoms with Crippen LogP contribution in [0.15, 0.2) is 0 Å². The Morgan fingerprint density at radius 2 is 2.00 bits per heavy atom. The summed E-state index contributed by atoms with van der Waals surface area (Å²) in [5.74, 6) is 0. The van der Waals surface area contributed by atoms with Gasteiger partial charge in [0.1, 0.15) is 11.8 Å². The second-order valence-electron chi connectivity index (χ2n) is 6.31. The van der Waals surface area contributed by atoms with E-state index in [1.165, 1.54) is 4.90 Å². The van der Waals surface area contributed by atoms with E-state index in [1.54, 1.807) is 34.6 Å². The largest absolute Gasteiger partial charge is 0.444 e. The fourth-order valence-corrected chi connectivity index (χ4v) is 1.92. The summed E-state index contributed by atoms with van der Waals surface area (Å²) >= 11 is 0. The van der Waals surface area contributed by atoms with Crippen LogP contribution in [-0.4, -0.2) is 47.1 Å². The second kappa shape index (κ2) is 4.44. The first kappa shape index (κ1) is 14.2. The van der Waals surface area contributed by atoms with Gasteiger partial charge in [0.2, 0.25) is 0 Å². The van der Waals surface area contributed by atoms with Crippen molar-refractivity contribution in [1.29, 1.82) is 0 Å². The number of hydrogen-bond acceptors (Lipinski definition) is 3. The molecular weight excluding hydrogens is 225 g/mol. The zero-order valence-electron chi connectivity index (χ0n) is 11.2. The standard InChI is InChI=1S/C12H22FNO3/c1-11(2,3)17-10(16)14-6-8(13)9(15)12(4,5)7-14/h8-9,15H,6-7H2,1-5H3. The molecule has 0 aliphatic carbocycles. The van der Waals surface area contributed by atoms with Crippen LogP contribution < -0.4 is 0 Å². The fourth-order valence-electron chi connectivity index (χ4n) is 1.92. The number of rotatable bonds is 0. The van der Waals surface area contributed by atoms with Crippen LogP contribution in [0.25, 0.3) is 0 Å². The molecule has 0 radical (unpaired) electrons. The zero-order valence-corrected chi connectivity index (χ0v) is 11.2. The average molecular weight is 247 g/mol. The third kappa shape index (κ3) is 3.56. The summed E-state index contributed by atoms with van der Waals surface area (Å²) in [7, 11) is 0. The molecule has 2 atom stereocenters. The Morgan fingerprint density at radius 1 is 1.47 bits per heavy atom. The molecule has 4 nitrogen and oxygen atoms in total. The van der Waals surface area contributed by atoms with Crippen LogP contribution in [0.5, 0.6) is 0 Å². The number of carbonyl (C=O) groups is 1. The van der Waals surface area contributed by atoms with Gasteiger partial charge in [-0.1, -0.05) is 13.8 Å². The number of aliphatic hydroxyl groups is 1. The Kier molecular flexibility index (Phi) is 3.72. The van der Waals surface area contributed by atoms with Crippen LogP contribution in [0.2, 0.25) is 0 Å². The van der Waals surface area contributed by atoms with Crippen molar-refractivity contribution < 1.29 is 19.0 Å². The molecule has 1 aliphatic heterocycles. The van der Waals surface area contributed by atoms with Gasteiger partial charge in [0.25, 0.3) is 0 Å². The SMILES string of the molecule is CC(C)(C)OC(=O)N1CC(F)C(O)C(C)(C)C1. The van der Waals surface area contributed by atoms with Gasteiger partial charge in [-0.3, -0.25) is 0 Å². The van der Waals surface area contributed by atoms with Crippen molar-refractivity contribution >= 4 is 6.09 Å². The molecule has 100 valence electrons. The van der Waals surface area contributed by atoms with E-state index < -0.39 is 29.4 Å². The fraction of sp³-hybridized carbons (Fsp3) is 0.917. The molecule has 0 saturated carbocycles. The molecule has 0 bridgehead atoms. The summed E-state index contributed by atoms with van der Waals surface area (Å²) < 4.78 is 18.8. The molecule has 17 heavy (non-hydrogen) atoms. The summed E-state index contributed by atoms with van der Waals surface area (Å²) in [6.07, 6.45) is -2.99. The van der Waals surface area contributed by atoms with Gasteiger partial charge >= 0.3 is 6.09 Å². The number of hydrogen-bond donors (Lipinski definition) is 1. The molecule has 0 aromatic rings. The van der Waals surface area contributed by atoms with E-state index in [1.807, 2.05) is 0 Å². The Bertz CT molecular complexity index is 299. The first-order chi connectivity index (χ1) is 7.53. The Labute approximate surface area is 102 Å². The molecule has 2 unspecified atom stereocenters. The molecule has 0 aromatic heterocycles. The third-order valence-corrected chi connectivity index (χ3v) is 2.79. The minimum Gasteiger partial charge on any atom is -0.444 e. The predicted molar refractivity (Wildman–Crippen MR) is 62.5 cm³/mol. The molecule has 1 rings (SSSR count).